The molecule has 0 spiro atoms. The van der Waals surface area contributed by atoms with Crippen LogP contribution in [0.1, 0.15) is 20.3 Å². The zero-order chi connectivity index (χ0) is 11.9. The van der Waals surface area contributed by atoms with Crippen LogP contribution < -0.4 is 0 Å². The van der Waals surface area contributed by atoms with Gasteiger partial charge >= 0.3 is 7.60 Å². The molecule has 0 aromatic rings. The number of hydrogen-bond donors (Lipinski definition) is 0. The lowest BCUT2D eigenvalue weighted by Gasteiger charge is -2.14. The van der Waals surface area contributed by atoms with Crippen LogP contribution in [-0.2, 0) is 18.4 Å². The fraction of sp³-hybridized carbons (Fsp3) is 0.700. The van der Waals surface area contributed by atoms with E-state index in [0.717, 1.165) is 0 Å². The van der Waals surface area contributed by atoms with Crippen LogP contribution in [0.25, 0.3) is 0 Å². The zero-order valence-corrected chi connectivity index (χ0v) is 10.5. The van der Waals surface area contributed by atoms with Gasteiger partial charge in [-0.3, -0.25) is 9.36 Å². The van der Waals surface area contributed by atoms with Gasteiger partial charge in [0.2, 0.25) is 0 Å². The molecule has 15 heavy (non-hydrogen) atoms. The van der Waals surface area contributed by atoms with Crippen molar-refractivity contribution < 1.29 is 18.4 Å². The molecule has 1 atom stereocenters. The molecule has 0 aliphatic heterocycles. The number of hydrogen-bond acceptors (Lipinski definition) is 4. The Balaban J connectivity index is 4.33. The van der Waals surface area contributed by atoms with E-state index in [4.69, 9.17) is 0 Å². The largest absolute Gasteiger partial charge is 0.337 e. The van der Waals surface area contributed by atoms with Gasteiger partial charge in [0.15, 0.2) is 0 Å². The maximum atomic E-state index is 11.6. The molecule has 5 heteroatoms. The van der Waals surface area contributed by atoms with Gasteiger partial charge in [0.05, 0.1) is 0 Å². The fourth-order valence-electron chi connectivity index (χ4n) is 0.919. The molecule has 0 bridgehead atoms. The van der Waals surface area contributed by atoms with Crippen LogP contribution in [0, 0.1) is 17.8 Å². The summed E-state index contributed by atoms with van der Waals surface area (Å²) in [5, 5.41) is 0. The number of ketones is 1. The Hall–Kier alpha value is -0.620. The van der Waals surface area contributed by atoms with Crippen molar-refractivity contribution in [2.75, 3.05) is 20.4 Å². The van der Waals surface area contributed by atoms with Gasteiger partial charge in [-0.05, 0) is 6.92 Å². The molecule has 0 saturated carbocycles. The summed E-state index contributed by atoms with van der Waals surface area (Å²) in [5.41, 5.74) is 0. The van der Waals surface area contributed by atoms with Crippen molar-refractivity contribution >= 4 is 13.4 Å². The quantitative estimate of drug-likeness (QED) is 0.519. The second kappa shape index (κ2) is 6.79. The molecule has 0 aliphatic carbocycles. The minimum Gasteiger partial charge on any atom is -0.312 e. The van der Waals surface area contributed by atoms with Crippen LogP contribution >= 0.6 is 7.60 Å². The molecular formula is C10H17O4P. The summed E-state index contributed by atoms with van der Waals surface area (Å²) >= 11 is 0. The van der Waals surface area contributed by atoms with Crippen LogP contribution in [-0.4, -0.2) is 26.2 Å². The second-order valence-electron chi connectivity index (χ2n) is 3.13. The Morgan fingerprint density at radius 2 is 1.93 bits per heavy atom. The third-order valence-electron chi connectivity index (χ3n) is 2.04. The van der Waals surface area contributed by atoms with E-state index in [1.165, 1.54) is 14.2 Å². The molecule has 0 rings (SSSR count). The van der Waals surface area contributed by atoms with E-state index in [2.05, 4.69) is 20.9 Å². The normalized spacial score (nSPS) is 12.8. The Morgan fingerprint density at radius 3 is 2.33 bits per heavy atom. The van der Waals surface area contributed by atoms with E-state index in [0.29, 0.717) is 6.42 Å². The highest BCUT2D eigenvalue weighted by Crippen LogP contribution is 2.46. The monoisotopic (exact) mass is 232 g/mol. The topological polar surface area (TPSA) is 52.6 Å². The molecule has 0 aromatic heterocycles. The van der Waals surface area contributed by atoms with Gasteiger partial charge in [0.1, 0.15) is 11.9 Å². The summed E-state index contributed by atoms with van der Waals surface area (Å²) in [6.07, 6.45) is 0.287. The van der Waals surface area contributed by atoms with E-state index >= 15 is 0 Å². The molecule has 0 aromatic carbocycles. The maximum Gasteiger partial charge on any atom is 0.337 e. The molecule has 0 radical (unpaired) electrons. The van der Waals surface area contributed by atoms with E-state index in [1.807, 2.05) is 0 Å². The number of carbonyl (C=O) groups excluding carboxylic acids is 1. The molecule has 0 amide bonds. The van der Waals surface area contributed by atoms with E-state index in [9.17, 15) is 9.36 Å². The lowest BCUT2D eigenvalue weighted by Crippen LogP contribution is -2.16. The van der Waals surface area contributed by atoms with Crippen molar-refractivity contribution in [1.82, 2.24) is 0 Å². The highest BCUT2D eigenvalue weighted by molar-refractivity contribution is 7.54. The summed E-state index contributed by atoms with van der Waals surface area (Å²) in [4.78, 5) is 11.6. The van der Waals surface area contributed by atoms with Gasteiger partial charge in [0.25, 0.3) is 0 Å². The molecule has 0 N–H and O–H groups in total. The minimum atomic E-state index is -3.22. The number of Topliss-reactive ketones (excluding diaryl/α,β-unsaturated/α-hetero) is 1. The van der Waals surface area contributed by atoms with Gasteiger partial charge < -0.3 is 9.05 Å². The third-order valence-corrected chi connectivity index (χ3v) is 3.85. The lowest BCUT2D eigenvalue weighted by atomic mass is 10.0. The Morgan fingerprint density at radius 1 is 1.40 bits per heavy atom. The van der Waals surface area contributed by atoms with E-state index in [-0.39, 0.29) is 17.9 Å². The van der Waals surface area contributed by atoms with Crippen LogP contribution in [0.4, 0.5) is 0 Å². The molecule has 0 saturated heterocycles. The van der Waals surface area contributed by atoms with Crippen molar-refractivity contribution in [3.8, 4) is 11.8 Å². The summed E-state index contributed by atoms with van der Waals surface area (Å²) in [6.45, 7) is 3.47. The lowest BCUT2D eigenvalue weighted by molar-refractivity contribution is -0.120. The zero-order valence-electron chi connectivity index (χ0n) is 9.57. The minimum absolute atomic E-state index is 0.148. The molecular weight excluding hydrogens is 215 g/mol. The van der Waals surface area contributed by atoms with Gasteiger partial charge in [-0.25, -0.2) is 0 Å². The summed E-state index contributed by atoms with van der Waals surface area (Å²) in [6, 6.07) is 0. The molecule has 0 fully saturated rings. The van der Waals surface area contributed by atoms with Gasteiger partial charge in [0, 0.05) is 26.6 Å². The highest BCUT2D eigenvalue weighted by atomic mass is 31.2. The first-order valence-electron chi connectivity index (χ1n) is 4.62. The third kappa shape index (κ3) is 5.13. The SMILES string of the molecule is CC#CCC(C)C(=O)CP(=O)(OC)OC. The summed E-state index contributed by atoms with van der Waals surface area (Å²) in [5.74, 6) is 5.13. The van der Waals surface area contributed by atoms with Crippen LogP contribution in [0.2, 0.25) is 0 Å². The van der Waals surface area contributed by atoms with E-state index < -0.39 is 7.60 Å². The summed E-state index contributed by atoms with van der Waals surface area (Å²) in [7, 11) is -0.677. The van der Waals surface area contributed by atoms with Crippen molar-refractivity contribution in [3.63, 3.8) is 0 Å². The average molecular weight is 232 g/mol. The fourth-order valence-corrected chi connectivity index (χ4v) is 2.02. The van der Waals surface area contributed by atoms with Gasteiger partial charge in [-0.15, -0.1) is 11.8 Å². The van der Waals surface area contributed by atoms with Crippen molar-refractivity contribution in [2.45, 2.75) is 20.3 Å². The first-order valence-corrected chi connectivity index (χ1v) is 6.34. The van der Waals surface area contributed by atoms with Crippen LogP contribution in [0.3, 0.4) is 0 Å². The van der Waals surface area contributed by atoms with Crippen molar-refractivity contribution in [1.29, 1.82) is 0 Å². The molecule has 0 heterocycles. The van der Waals surface area contributed by atoms with Crippen LogP contribution in [0.15, 0.2) is 0 Å². The Bertz CT molecular complexity index is 305. The molecule has 86 valence electrons. The second-order valence-corrected chi connectivity index (χ2v) is 5.40. The van der Waals surface area contributed by atoms with Crippen molar-refractivity contribution in [3.05, 3.63) is 0 Å². The first kappa shape index (κ1) is 14.4. The molecule has 0 aliphatic rings. The maximum absolute atomic E-state index is 11.6. The number of rotatable bonds is 6. The Labute approximate surface area is 90.9 Å². The average Bonchev–Trinajstić information content (AvgIpc) is 2.25. The van der Waals surface area contributed by atoms with Crippen molar-refractivity contribution in [2.24, 2.45) is 5.92 Å². The molecule has 4 nitrogen and oxygen atoms in total. The predicted molar refractivity (Wildman–Crippen MR) is 58.7 cm³/mol. The highest BCUT2D eigenvalue weighted by Gasteiger charge is 2.27. The predicted octanol–water partition coefficient (Wildman–Crippen LogP) is 2.09. The number of carbonyl (C=O) groups is 1. The van der Waals surface area contributed by atoms with Gasteiger partial charge in [-0.1, -0.05) is 6.92 Å². The van der Waals surface area contributed by atoms with Crippen LogP contribution in [0.5, 0.6) is 0 Å². The molecule has 1 unspecified atom stereocenters. The first-order chi connectivity index (χ1) is 6.99. The van der Waals surface area contributed by atoms with Gasteiger partial charge in [-0.2, -0.15) is 0 Å². The van der Waals surface area contributed by atoms with E-state index in [1.54, 1.807) is 13.8 Å². The standard InChI is InChI=1S/C10H17O4P/c1-5-6-7-9(2)10(11)8-15(12,13-3)14-4/h9H,7-8H2,1-4H3. The Kier molecular flexibility index (Phi) is 6.51. The summed E-state index contributed by atoms with van der Waals surface area (Å²) < 4.78 is 21.0. The smallest absolute Gasteiger partial charge is 0.312 e.